The number of rotatable bonds is 3. The topological polar surface area (TPSA) is 91.7 Å². The molecule has 0 aromatic heterocycles. The van der Waals surface area contributed by atoms with Crippen LogP contribution in [0.1, 0.15) is 13.3 Å². The normalized spacial score (nSPS) is 13.1. The van der Waals surface area contributed by atoms with E-state index in [9.17, 15) is 13.2 Å². The van der Waals surface area contributed by atoms with E-state index in [0.29, 0.717) is 0 Å². The molecule has 64 valence electrons. The van der Waals surface area contributed by atoms with Gasteiger partial charge in [0.2, 0.25) is 0 Å². The number of hydrogen-bond donors (Lipinski definition) is 2. The summed E-state index contributed by atoms with van der Waals surface area (Å²) in [4.78, 5) is 9.16. The second kappa shape index (κ2) is 3.49. The van der Waals surface area contributed by atoms with Gasteiger partial charge in [0.05, 0.1) is 0 Å². The van der Waals surface area contributed by atoms with Gasteiger partial charge in [-0.25, -0.2) is 4.79 Å². The van der Waals surface area contributed by atoms with Crippen molar-refractivity contribution in [3.8, 4) is 0 Å². The highest BCUT2D eigenvalue weighted by Crippen LogP contribution is 2.04. The van der Waals surface area contributed by atoms with Crippen LogP contribution in [0.3, 0.4) is 0 Å². The monoisotopic (exact) mass is 180 g/mol. The lowest BCUT2D eigenvalue weighted by molar-refractivity contribution is -0.131. The van der Waals surface area contributed by atoms with Crippen LogP contribution in [0.15, 0.2) is 11.0 Å². The first-order valence-electron chi connectivity index (χ1n) is 2.80. The van der Waals surface area contributed by atoms with Gasteiger partial charge < -0.3 is 5.11 Å². The molecule has 0 aliphatic rings. The van der Waals surface area contributed by atoms with Crippen LogP contribution in [0.2, 0.25) is 0 Å². The zero-order chi connectivity index (χ0) is 9.07. The molecule has 0 aromatic rings. The molecule has 0 spiro atoms. The molecule has 0 amide bonds. The summed E-state index contributed by atoms with van der Waals surface area (Å²) >= 11 is 0. The van der Waals surface area contributed by atoms with Gasteiger partial charge >= 0.3 is 16.1 Å². The highest BCUT2D eigenvalue weighted by molar-refractivity contribution is 7.90. The molecule has 0 saturated heterocycles. The van der Waals surface area contributed by atoms with Crippen molar-refractivity contribution < 1.29 is 22.9 Å². The van der Waals surface area contributed by atoms with Crippen LogP contribution in [0.25, 0.3) is 0 Å². The fourth-order valence-electron chi connectivity index (χ4n) is 0.488. The molecule has 0 aliphatic carbocycles. The minimum atomic E-state index is -4.56. The van der Waals surface area contributed by atoms with Crippen molar-refractivity contribution in [2.45, 2.75) is 13.3 Å². The zero-order valence-corrected chi connectivity index (χ0v) is 6.63. The van der Waals surface area contributed by atoms with Gasteiger partial charge in [-0.05, 0) is 6.42 Å². The third kappa shape index (κ3) is 3.15. The Morgan fingerprint density at radius 3 is 2.09 bits per heavy atom. The fraction of sp³-hybridized carbons (Fsp3) is 0.400. The second-order valence-electron chi connectivity index (χ2n) is 1.76. The van der Waals surface area contributed by atoms with Crippen molar-refractivity contribution in [2.24, 2.45) is 0 Å². The van der Waals surface area contributed by atoms with Gasteiger partial charge in [0.15, 0.2) is 4.91 Å². The Balaban J connectivity index is 4.95. The van der Waals surface area contributed by atoms with Crippen LogP contribution in [-0.4, -0.2) is 24.0 Å². The van der Waals surface area contributed by atoms with Crippen molar-refractivity contribution in [3.63, 3.8) is 0 Å². The van der Waals surface area contributed by atoms with E-state index in [1.165, 1.54) is 0 Å². The summed E-state index contributed by atoms with van der Waals surface area (Å²) in [5, 5.41) is 8.23. The van der Waals surface area contributed by atoms with Gasteiger partial charge in [-0.3, -0.25) is 4.55 Å². The minimum absolute atomic E-state index is 0.238. The third-order valence-corrected chi connectivity index (χ3v) is 1.78. The molecule has 0 rings (SSSR count). The first-order valence-corrected chi connectivity index (χ1v) is 4.24. The smallest absolute Gasteiger partial charge is 0.349 e. The van der Waals surface area contributed by atoms with Gasteiger partial charge in [0.25, 0.3) is 0 Å². The SMILES string of the molecule is CCC=C(C(=O)O)S(=O)(=O)O. The summed E-state index contributed by atoms with van der Waals surface area (Å²) in [6.07, 6.45) is 1.17. The van der Waals surface area contributed by atoms with Crippen molar-refractivity contribution >= 4 is 16.1 Å². The summed E-state index contributed by atoms with van der Waals surface area (Å²) in [5.74, 6) is -1.64. The summed E-state index contributed by atoms with van der Waals surface area (Å²) in [6, 6.07) is 0. The Hall–Kier alpha value is -0.880. The molecule has 0 saturated carbocycles. The summed E-state index contributed by atoms with van der Waals surface area (Å²) in [6.45, 7) is 1.56. The van der Waals surface area contributed by atoms with E-state index >= 15 is 0 Å². The fourth-order valence-corrected chi connectivity index (χ4v) is 1.09. The lowest BCUT2D eigenvalue weighted by Crippen LogP contribution is -2.11. The molecule has 0 heterocycles. The molecule has 2 N–H and O–H groups in total. The van der Waals surface area contributed by atoms with Crippen molar-refractivity contribution in [3.05, 3.63) is 11.0 Å². The maximum absolute atomic E-state index is 10.3. The standard InChI is InChI=1S/C5H8O5S/c1-2-3-4(5(6)7)11(8,9)10/h3H,2H2,1H3,(H,6,7)(H,8,9,10). The van der Waals surface area contributed by atoms with Crippen LogP contribution in [0.5, 0.6) is 0 Å². The first-order chi connectivity index (χ1) is 4.89. The van der Waals surface area contributed by atoms with E-state index in [4.69, 9.17) is 9.66 Å². The quantitative estimate of drug-likeness (QED) is 0.480. The van der Waals surface area contributed by atoms with Crippen molar-refractivity contribution in [1.82, 2.24) is 0 Å². The lowest BCUT2D eigenvalue weighted by Gasteiger charge is -1.94. The van der Waals surface area contributed by atoms with Gasteiger partial charge in [-0.2, -0.15) is 8.42 Å². The first kappa shape index (κ1) is 10.1. The Morgan fingerprint density at radius 1 is 1.55 bits per heavy atom. The molecule has 0 bridgehead atoms. The average molecular weight is 180 g/mol. The van der Waals surface area contributed by atoms with Gasteiger partial charge in [0, 0.05) is 0 Å². The summed E-state index contributed by atoms with van der Waals surface area (Å²) < 4.78 is 28.8. The minimum Gasteiger partial charge on any atom is -0.477 e. The van der Waals surface area contributed by atoms with Crippen LogP contribution in [0, 0.1) is 0 Å². The molecule has 5 nitrogen and oxygen atoms in total. The summed E-state index contributed by atoms with van der Waals surface area (Å²) in [5.41, 5.74) is 0. The predicted molar refractivity (Wildman–Crippen MR) is 37.6 cm³/mol. The van der Waals surface area contributed by atoms with E-state index in [-0.39, 0.29) is 6.42 Å². The highest BCUT2D eigenvalue weighted by Gasteiger charge is 2.20. The molecule has 6 heteroatoms. The molecule has 0 aromatic carbocycles. The molecule has 11 heavy (non-hydrogen) atoms. The van der Waals surface area contributed by atoms with Crippen LogP contribution < -0.4 is 0 Å². The molecule has 0 radical (unpaired) electrons. The maximum Gasteiger partial charge on any atom is 0.349 e. The lowest BCUT2D eigenvalue weighted by atomic mass is 10.4. The average Bonchev–Trinajstić information content (AvgIpc) is 1.79. The van der Waals surface area contributed by atoms with E-state index in [2.05, 4.69) is 0 Å². The molecule has 0 atom stereocenters. The molecular weight excluding hydrogens is 172 g/mol. The maximum atomic E-state index is 10.3. The van der Waals surface area contributed by atoms with E-state index < -0.39 is 21.0 Å². The predicted octanol–water partition coefficient (Wildman–Crippen LogP) is 0.253. The number of carboxylic acid groups (broad SMARTS) is 1. The Bertz CT molecular complexity index is 273. The summed E-state index contributed by atoms with van der Waals surface area (Å²) in [7, 11) is -4.56. The second-order valence-corrected chi connectivity index (χ2v) is 3.15. The van der Waals surface area contributed by atoms with Gasteiger partial charge in [-0.1, -0.05) is 13.0 Å². The number of carbonyl (C=O) groups is 1. The number of aliphatic carboxylic acids is 1. The van der Waals surface area contributed by atoms with Gasteiger partial charge in [-0.15, -0.1) is 0 Å². The van der Waals surface area contributed by atoms with E-state index in [0.717, 1.165) is 6.08 Å². The van der Waals surface area contributed by atoms with E-state index in [1.54, 1.807) is 6.92 Å². The van der Waals surface area contributed by atoms with Crippen LogP contribution in [-0.2, 0) is 14.9 Å². The number of carboxylic acids is 1. The molecule has 0 fully saturated rings. The highest BCUT2D eigenvalue weighted by atomic mass is 32.2. The van der Waals surface area contributed by atoms with Crippen molar-refractivity contribution in [1.29, 1.82) is 0 Å². The van der Waals surface area contributed by atoms with Crippen LogP contribution >= 0.6 is 0 Å². The Labute approximate surface area is 64.1 Å². The zero-order valence-electron chi connectivity index (χ0n) is 5.81. The molecular formula is C5H8O5S. The number of hydrogen-bond acceptors (Lipinski definition) is 3. The number of allylic oxidation sites excluding steroid dienone is 1. The van der Waals surface area contributed by atoms with Crippen molar-refractivity contribution in [2.75, 3.05) is 0 Å². The Morgan fingerprint density at radius 2 is 2.00 bits per heavy atom. The third-order valence-electron chi connectivity index (χ3n) is 0.878. The van der Waals surface area contributed by atoms with E-state index in [1.807, 2.05) is 0 Å². The Kier molecular flexibility index (Phi) is 3.21. The largest absolute Gasteiger partial charge is 0.477 e. The van der Waals surface area contributed by atoms with Gasteiger partial charge in [0.1, 0.15) is 0 Å². The van der Waals surface area contributed by atoms with Crippen LogP contribution in [0.4, 0.5) is 0 Å². The molecule has 0 unspecified atom stereocenters. The molecule has 0 aliphatic heterocycles.